The quantitative estimate of drug-likeness (QED) is 0.850. The molecule has 18 heavy (non-hydrogen) atoms. The number of anilines is 1. The number of amides is 1. The van der Waals surface area contributed by atoms with Crippen LogP contribution in [0.15, 0.2) is 24.3 Å². The average molecular weight is 247 g/mol. The monoisotopic (exact) mass is 247 g/mol. The van der Waals surface area contributed by atoms with Gasteiger partial charge in [0, 0.05) is 0 Å². The summed E-state index contributed by atoms with van der Waals surface area (Å²) in [6.45, 7) is 0.936. The van der Waals surface area contributed by atoms with Gasteiger partial charge in [-0.1, -0.05) is 12.1 Å². The number of hydrogen-bond donors (Lipinski definition) is 1. The van der Waals surface area contributed by atoms with Crippen LogP contribution in [-0.4, -0.2) is 30.1 Å². The smallest absolute Gasteiger partial charge is 0.307 e. The van der Waals surface area contributed by atoms with Gasteiger partial charge in [-0.15, -0.1) is 0 Å². The van der Waals surface area contributed by atoms with Crippen molar-refractivity contribution in [3.63, 3.8) is 0 Å². The van der Waals surface area contributed by atoms with Crippen LogP contribution in [0.3, 0.4) is 0 Å². The third kappa shape index (κ3) is 1.72. The van der Waals surface area contributed by atoms with E-state index in [0.717, 1.165) is 5.69 Å². The summed E-state index contributed by atoms with van der Waals surface area (Å²) < 4.78 is 5.47. The number of carboxylic acid groups (broad SMARTS) is 1. The molecule has 1 N–H and O–H groups in total. The predicted molar refractivity (Wildman–Crippen MR) is 63.5 cm³/mol. The lowest BCUT2D eigenvalue weighted by molar-refractivity contribution is -0.140. The van der Waals surface area contributed by atoms with Gasteiger partial charge in [-0.25, -0.2) is 0 Å². The summed E-state index contributed by atoms with van der Waals surface area (Å²) in [7, 11) is 0. The lowest BCUT2D eigenvalue weighted by Crippen LogP contribution is -2.39. The molecule has 1 amide bonds. The third-order valence-corrected chi connectivity index (χ3v) is 3.42. The van der Waals surface area contributed by atoms with Gasteiger partial charge in [0.05, 0.1) is 24.1 Å². The van der Waals surface area contributed by atoms with E-state index in [2.05, 4.69) is 0 Å². The predicted octanol–water partition coefficient (Wildman–Crippen LogP) is 1.13. The maximum absolute atomic E-state index is 12.2. The first-order valence-corrected chi connectivity index (χ1v) is 5.94. The normalized spacial score (nSPS) is 25.0. The maximum atomic E-state index is 12.2. The zero-order valence-electron chi connectivity index (χ0n) is 9.70. The highest BCUT2D eigenvalue weighted by atomic mass is 16.5. The van der Waals surface area contributed by atoms with Gasteiger partial charge in [-0.05, 0) is 18.6 Å². The third-order valence-electron chi connectivity index (χ3n) is 3.42. The van der Waals surface area contributed by atoms with Gasteiger partial charge in [0.1, 0.15) is 12.4 Å². The van der Waals surface area contributed by atoms with Crippen LogP contribution < -0.4 is 9.64 Å². The summed E-state index contributed by atoms with van der Waals surface area (Å²) in [5.74, 6) is -1.17. The van der Waals surface area contributed by atoms with E-state index in [0.29, 0.717) is 25.3 Å². The molecule has 3 rings (SSSR count). The Balaban J connectivity index is 1.82. The zero-order chi connectivity index (χ0) is 12.7. The van der Waals surface area contributed by atoms with Crippen molar-refractivity contribution in [1.82, 2.24) is 0 Å². The van der Waals surface area contributed by atoms with Crippen molar-refractivity contribution in [3.05, 3.63) is 24.3 Å². The van der Waals surface area contributed by atoms with Crippen molar-refractivity contribution in [3.8, 4) is 5.75 Å². The molecule has 0 radical (unpaired) electrons. The van der Waals surface area contributed by atoms with Gasteiger partial charge >= 0.3 is 5.97 Å². The molecule has 5 heteroatoms. The van der Waals surface area contributed by atoms with Gasteiger partial charge in [0.2, 0.25) is 5.91 Å². The fourth-order valence-corrected chi connectivity index (χ4v) is 2.34. The van der Waals surface area contributed by atoms with Crippen LogP contribution >= 0.6 is 0 Å². The Labute approximate surface area is 104 Å². The second kappa shape index (κ2) is 4.01. The van der Waals surface area contributed by atoms with Crippen LogP contribution in [0.4, 0.5) is 5.69 Å². The standard InChI is InChI=1S/C13H13NO4/c15-12(8-7-9(8)13(16)17)14-5-6-18-11-4-2-1-3-10(11)14/h1-4,8-9H,5-7H2,(H,16,17)/t8-,9-/m1/s1. The first kappa shape index (κ1) is 11.1. The molecule has 2 aliphatic rings. The molecular formula is C13H13NO4. The summed E-state index contributed by atoms with van der Waals surface area (Å²) in [4.78, 5) is 24.7. The number of ether oxygens (including phenoxy) is 1. The minimum absolute atomic E-state index is 0.0989. The summed E-state index contributed by atoms with van der Waals surface area (Å²) in [5, 5.41) is 8.87. The molecule has 94 valence electrons. The van der Waals surface area contributed by atoms with Gasteiger partial charge in [0.15, 0.2) is 0 Å². The summed E-state index contributed by atoms with van der Waals surface area (Å²) in [6.07, 6.45) is 0.452. The minimum Gasteiger partial charge on any atom is -0.490 e. The number of rotatable bonds is 2. The number of hydrogen-bond acceptors (Lipinski definition) is 3. The maximum Gasteiger partial charge on any atom is 0.307 e. The first-order valence-electron chi connectivity index (χ1n) is 5.94. The fraction of sp³-hybridized carbons (Fsp3) is 0.385. The van der Waals surface area contributed by atoms with Crippen LogP contribution in [0, 0.1) is 11.8 Å². The van der Waals surface area contributed by atoms with Gasteiger partial charge in [0.25, 0.3) is 0 Å². The Morgan fingerprint density at radius 1 is 1.28 bits per heavy atom. The molecule has 0 aromatic heterocycles. The Morgan fingerprint density at radius 2 is 2.06 bits per heavy atom. The van der Waals surface area contributed by atoms with Gasteiger partial charge < -0.3 is 14.7 Å². The second-order valence-corrected chi connectivity index (χ2v) is 4.59. The lowest BCUT2D eigenvalue weighted by atomic mass is 10.2. The van der Waals surface area contributed by atoms with Crippen molar-refractivity contribution in [2.24, 2.45) is 11.8 Å². The molecule has 2 atom stereocenters. The molecule has 0 spiro atoms. The molecule has 1 heterocycles. The Morgan fingerprint density at radius 3 is 2.78 bits per heavy atom. The number of aliphatic carboxylic acids is 1. The molecule has 1 aliphatic heterocycles. The van der Waals surface area contributed by atoms with Crippen molar-refractivity contribution in [1.29, 1.82) is 0 Å². The van der Waals surface area contributed by atoms with E-state index in [1.165, 1.54) is 0 Å². The van der Waals surface area contributed by atoms with E-state index < -0.39 is 11.9 Å². The van der Waals surface area contributed by atoms with Gasteiger partial charge in [-0.3, -0.25) is 9.59 Å². The van der Waals surface area contributed by atoms with E-state index in [-0.39, 0.29) is 11.8 Å². The molecule has 1 saturated carbocycles. The van der Waals surface area contributed by atoms with Crippen LogP contribution in [0.25, 0.3) is 0 Å². The first-order chi connectivity index (χ1) is 8.68. The number of nitrogens with zero attached hydrogens (tertiary/aromatic N) is 1. The Bertz CT molecular complexity index is 513. The van der Waals surface area contributed by atoms with E-state index in [9.17, 15) is 9.59 Å². The minimum atomic E-state index is -0.880. The van der Waals surface area contributed by atoms with E-state index in [1.807, 2.05) is 24.3 Å². The highest BCUT2D eigenvalue weighted by Crippen LogP contribution is 2.42. The molecule has 1 fully saturated rings. The lowest BCUT2D eigenvalue weighted by Gasteiger charge is -2.29. The number of fused-ring (bicyclic) bond motifs is 1. The van der Waals surface area contributed by atoms with Crippen LogP contribution in [0.5, 0.6) is 5.75 Å². The van der Waals surface area contributed by atoms with Crippen molar-refractivity contribution in [2.75, 3.05) is 18.1 Å². The zero-order valence-corrected chi connectivity index (χ0v) is 9.70. The molecule has 0 bridgehead atoms. The second-order valence-electron chi connectivity index (χ2n) is 4.59. The molecule has 0 unspecified atom stereocenters. The topological polar surface area (TPSA) is 66.8 Å². The molecule has 1 aliphatic carbocycles. The highest BCUT2D eigenvalue weighted by molar-refractivity contribution is 6.01. The number of carbonyl (C=O) groups excluding carboxylic acids is 1. The highest BCUT2D eigenvalue weighted by Gasteiger charge is 2.50. The van der Waals surface area contributed by atoms with E-state index in [1.54, 1.807) is 4.90 Å². The summed E-state index contributed by atoms with van der Waals surface area (Å²) in [6, 6.07) is 7.33. The number of para-hydroxylation sites is 2. The Hall–Kier alpha value is -2.04. The molecule has 5 nitrogen and oxygen atoms in total. The number of carboxylic acids is 1. The fourth-order valence-electron chi connectivity index (χ4n) is 2.34. The van der Waals surface area contributed by atoms with Crippen LogP contribution in [0.2, 0.25) is 0 Å². The Kier molecular flexibility index (Phi) is 2.47. The molecule has 1 aromatic carbocycles. The molecule has 1 aromatic rings. The number of benzene rings is 1. The largest absolute Gasteiger partial charge is 0.490 e. The van der Waals surface area contributed by atoms with Crippen molar-refractivity contribution in [2.45, 2.75) is 6.42 Å². The summed E-state index contributed by atoms with van der Waals surface area (Å²) in [5.41, 5.74) is 0.741. The van der Waals surface area contributed by atoms with Crippen molar-refractivity contribution >= 4 is 17.6 Å². The van der Waals surface area contributed by atoms with E-state index >= 15 is 0 Å². The summed E-state index contributed by atoms with van der Waals surface area (Å²) >= 11 is 0. The number of carbonyl (C=O) groups is 2. The van der Waals surface area contributed by atoms with Gasteiger partial charge in [-0.2, -0.15) is 0 Å². The van der Waals surface area contributed by atoms with Crippen LogP contribution in [-0.2, 0) is 9.59 Å². The SMILES string of the molecule is O=C(O)[C@@H]1C[C@H]1C(=O)N1CCOc2ccccc21. The molecule has 0 saturated heterocycles. The van der Waals surface area contributed by atoms with E-state index in [4.69, 9.17) is 9.84 Å². The van der Waals surface area contributed by atoms with Crippen LogP contribution in [0.1, 0.15) is 6.42 Å². The average Bonchev–Trinajstić information content (AvgIpc) is 3.17. The van der Waals surface area contributed by atoms with Crippen molar-refractivity contribution < 1.29 is 19.4 Å². The molecular weight excluding hydrogens is 234 g/mol.